The van der Waals surface area contributed by atoms with E-state index in [1.54, 1.807) is 0 Å². The van der Waals surface area contributed by atoms with Crippen LogP contribution in [0.4, 0.5) is 0 Å². The Morgan fingerprint density at radius 1 is 1.25 bits per heavy atom. The molecule has 1 aliphatic heterocycles. The van der Waals surface area contributed by atoms with Gasteiger partial charge in [-0.15, -0.1) is 0 Å². The van der Waals surface area contributed by atoms with Crippen LogP contribution in [-0.4, -0.2) is 17.2 Å². The first kappa shape index (κ1) is 10.0. The lowest BCUT2D eigenvalue weighted by Gasteiger charge is -2.31. The van der Waals surface area contributed by atoms with Crippen molar-refractivity contribution < 1.29 is 4.74 Å². The monoisotopic (exact) mass is 215 g/mol. The normalized spacial score (nSPS) is 29.4. The predicted octanol–water partition coefficient (Wildman–Crippen LogP) is 3.20. The molecule has 1 fully saturated rings. The minimum absolute atomic E-state index is 0.179. The Bertz CT molecular complexity index is 390. The Balaban J connectivity index is 1.79. The fraction of sp³-hybridized carbons (Fsp3) is 0.500. The molecule has 2 aliphatic rings. The van der Waals surface area contributed by atoms with Crippen LogP contribution >= 0.6 is 0 Å². The maximum absolute atomic E-state index is 5.90. The van der Waals surface area contributed by atoms with Crippen molar-refractivity contribution in [2.24, 2.45) is 0 Å². The zero-order chi connectivity index (χ0) is 10.8. The highest BCUT2D eigenvalue weighted by Gasteiger charge is 2.36. The summed E-state index contributed by atoms with van der Waals surface area (Å²) in [4.78, 5) is 4.41. The van der Waals surface area contributed by atoms with E-state index in [-0.39, 0.29) is 5.60 Å². The molecule has 1 spiro atoms. The Morgan fingerprint density at radius 2 is 2.25 bits per heavy atom. The maximum Gasteiger partial charge on any atom is 0.0721 e. The van der Waals surface area contributed by atoms with E-state index in [4.69, 9.17) is 4.74 Å². The fourth-order valence-corrected chi connectivity index (χ4v) is 2.77. The molecule has 0 bridgehead atoms. The summed E-state index contributed by atoms with van der Waals surface area (Å²) < 4.78 is 5.90. The summed E-state index contributed by atoms with van der Waals surface area (Å²) in [6.07, 6.45) is 10.0. The molecule has 1 unspecified atom stereocenters. The van der Waals surface area contributed by atoms with Crippen molar-refractivity contribution >= 4 is 5.57 Å². The molecule has 2 heteroatoms. The van der Waals surface area contributed by atoms with Gasteiger partial charge in [-0.25, -0.2) is 0 Å². The van der Waals surface area contributed by atoms with E-state index in [9.17, 15) is 0 Å². The van der Waals surface area contributed by atoms with Crippen molar-refractivity contribution in [3.05, 3.63) is 36.2 Å². The van der Waals surface area contributed by atoms with Crippen molar-refractivity contribution in [3.8, 4) is 0 Å². The highest BCUT2D eigenvalue weighted by molar-refractivity contribution is 5.63. The molecule has 84 valence electrons. The molecular weight excluding hydrogens is 198 g/mol. The molecule has 1 aromatic rings. The Labute approximate surface area is 96.3 Å². The molecule has 0 N–H and O–H groups in total. The zero-order valence-corrected chi connectivity index (χ0v) is 9.48. The summed E-state index contributed by atoms with van der Waals surface area (Å²) in [6, 6.07) is 6.12. The summed E-state index contributed by atoms with van der Waals surface area (Å²) in [5, 5.41) is 0. The molecule has 0 amide bonds. The molecule has 0 aromatic carbocycles. The van der Waals surface area contributed by atoms with Crippen LogP contribution in [0.5, 0.6) is 0 Å². The van der Waals surface area contributed by atoms with Gasteiger partial charge in [0.05, 0.1) is 11.3 Å². The molecule has 16 heavy (non-hydrogen) atoms. The second-order valence-electron chi connectivity index (χ2n) is 4.78. The van der Waals surface area contributed by atoms with Gasteiger partial charge < -0.3 is 4.74 Å². The van der Waals surface area contributed by atoms with Gasteiger partial charge in [-0.3, -0.25) is 4.98 Å². The molecule has 2 nitrogen and oxygen atoms in total. The first-order valence-corrected chi connectivity index (χ1v) is 6.12. The first-order chi connectivity index (χ1) is 7.88. The van der Waals surface area contributed by atoms with Crippen LogP contribution in [0, 0.1) is 0 Å². The quantitative estimate of drug-likeness (QED) is 0.717. The lowest BCUT2D eigenvalue weighted by Crippen LogP contribution is -2.29. The number of hydrogen-bond acceptors (Lipinski definition) is 2. The van der Waals surface area contributed by atoms with Gasteiger partial charge in [0.1, 0.15) is 0 Å². The molecule has 1 atom stereocenters. The van der Waals surface area contributed by atoms with E-state index in [0.29, 0.717) is 0 Å². The molecule has 1 saturated heterocycles. The largest absolute Gasteiger partial charge is 0.375 e. The van der Waals surface area contributed by atoms with E-state index in [1.807, 2.05) is 12.3 Å². The lowest BCUT2D eigenvalue weighted by molar-refractivity contribution is -0.00161. The zero-order valence-electron chi connectivity index (χ0n) is 9.48. The summed E-state index contributed by atoms with van der Waals surface area (Å²) >= 11 is 0. The van der Waals surface area contributed by atoms with Crippen LogP contribution in [0.25, 0.3) is 5.57 Å². The molecule has 1 aromatic heterocycles. The van der Waals surface area contributed by atoms with Gasteiger partial charge >= 0.3 is 0 Å². The Hall–Kier alpha value is -1.15. The SMILES string of the molecule is C1=C(c2ccccn2)CCC2(C1)CCCO2. The number of rotatable bonds is 1. The Kier molecular flexibility index (Phi) is 2.52. The number of hydrogen-bond donors (Lipinski definition) is 0. The third-order valence-electron chi connectivity index (χ3n) is 3.75. The summed E-state index contributed by atoms with van der Waals surface area (Å²) in [5.74, 6) is 0. The van der Waals surface area contributed by atoms with Gasteiger partial charge in [0.25, 0.3) is 0 Å². The number of pyridine rings is 1. The van der Waals surface area contributed by atoms with E-state index >= 15 is 0 Å². The minimum Gasteiger partial charge on any atom is -0.375 e. The topological polar surface area (TPSA) is 22.1 Å². The molecule has 2 heterocycles. The average molecular weight is 215 g/mol. The third-order valence-corrected chi connectivity index (χ3v) is 3.75. The number of ether oxygens (including phenoxy) is 1. The second-order valence-corrected chi connectivity index (χ2v) is 4.78. The second kappa shape index (κ2) is 4.02. The first-order valence-electron chi connectivity index (χ1n) is 6.12. The number of aromatic nitrogens is 1. The van der Waals surface area contributed by atoms with Gasteiger partial charge in [-0.2, -0.15) is 0 Å². The lowest BCUT2D eigenvalue weighted by atomic mass is 9.82. The smallest absolute Gasteiger partial charge is 0.0721 e. The van der Waals surface area contributed by atoms with Crippen molar-refractivity contribution in [2.45, 2.75) is 37.7 Å². The van der Waals surface area contributed by atoms with E-state index in [2.05, 4.69) is 23.2 Å². The highest BCUT2D eigenvalue weighted by Crippen LogP contribution is 2.40. The van der Waals surface area contributed by atoms with Crippen molar-refractivity contribution in [1.29, 1.82) is 0 Å². The van der Waals surface area contributed by atoms with Crippen LogP contribution in [0.15, 0.2) is 30.5 Å². The van der Waals surface area contributed by atoms with Crippen LogP contribution in [0.3, 0.4) is 0 Å². The molecule has 3 rings (SSSR count). The standard InChI is InChI=1S/C14H17NO/c1-2-10-15-13(4-1)12-5-8-14(9-6-12)7-3-11-16-14/h1-2,4-5,10H,3,6-9,11H2. The number of nitrogens with zero attached hydrogens (tertiary/aromatic N) is 1. The van der Waals surface area contributed by atoms with Crippen molar-refractivity contribution in [1.82, 2.24) is 4.98 Å². The number of allylic oxidation sites excluding steroid dienone is 1. The molecule has 0 saturated carbocycles. The summed E-state index contributed by atoms with van der Waals surface area (Å²) in [6.45, 7) is 0.951. The van der Waals surface area contributed by atoms with Gasteiger partial charge in [-0.1, -0.05) is 12.1 Å². The van der Waals surface area contributed by atoms with Gasteiger partial charge in [-0.05, 0) is 49.8 Å². The fourth-order valence-electron chi connectivity index (χ4n) is 2.77. The Morgan fingerprint density at radius 3 is 2.88 bits per heavy atom. The summed E-state index contributed by atoms with van der Waals surface area (Å²) in [7, 11) is 0. The van der Waals surface area contributed by atoms with Gasteiger partial charge in [0.2, 0.25) is 0 Å². The predicted molar refractivity (Wildman–Crippen MR) is 64.0 cm³/mol. The molecule has 0 radical (unpaired) electrons. The van der Waals surface area contributed by atoms with Crippen molar-refractivity contribution in [2.75, 3.05) is 6.61 Å². The van der Waals surface area contributed by atoms with E-state index in [0.717, 1.165) is 31.6 Å². The summed E-state index contributed by atoms with van der Waals surface area (Å²) in [5.41, 5.74) is 2.70. The molecule has 1 aliphatic carbocycles. The van der Waals surface area contributed by atoms with Gasteiger partial charge in [0, 0.05) is 12.8 Å². The van der Waals surface area contributed by atoms with Crippen LogP contribution in [0.2, 0.25) is 0 Å². The third kappa shape index (κ3) is 1.78. The van der Waals surface area contributed by atoms with Crippen LogP contribution < -0.4 is 0 Å². The van der Waals surface area contributed by atoms with Crippen molar-refractivity contribution in [3.63, 3.8) is 0 Å². The minimum atomic E-state index is 0.179. The van der Waals surface area contributed by atoms with Gasteiger partial charge in [0.15, 0.2) is 0 Å². The maximum atomic E-state index is 5.90. The van der Waals surface area contributed by atoms with E-state index in [1.165, 1.54) is 18.4 Å². The highest BCUT2D eigenvalue weighted by atomic mass is 16.5. The molecular formula is C14H17NO. The average Bonchev–Trinajstić information content (AvgIpc) is 2.80. The van der Waals surface area contributed by atoms with Crippen LogP contribution in [0.1, 0.15) is 37.8 Å². The van der Waals surface area contributed by atoms with E-state index < -0.39 is 0 Å². The van der Waals surface area contributed by atoms with Crippen LogP contribution in [-0.2, 0) is 4.74 Å².